The Balaban J connectivity index is 2.64. The van der Waals surface area contributed by atoms with Crippen molar-refractivity contribution in [2.75, 3.05) is 39.4 Å². The first-order valence-electron chi connectivity index (χ1n) is 25.8. The van der Waals surface area contributed by atoms with Gasteiger partial charge in [0.2, 0.25) is 31.2 Å². The Morgan fingerprint density at radius 3 is 1.07 bits per heavy atom. The topological polar surface area (TPSA) is 322 Å². The third-order valence-corrected chi connectivity index (χ3v) is 11.0. The van der Waals surface area contributed by atoms with E-state index in [1.165, 1.54) is 0 Å². The van der Waals surface area contributed by atoms with Crippen molar-refractivity contribution in [1.29, 1.82) is 0 Å². The van der Waals surface area contributed by atoms with E-state index >= 15 is 0 Å². The summed E-state index contributed by atoms with van der Waals surface area (Å²) in [6.07, 6.45) is -4.76. The van der Waals surface area contributed by atoms with Crippen LogP contribution < -0.4 is 42.5 Å². The minimum Gasteiger partial charge on any atom is -0.460 e. The summed E-state index contributed by atoms with van der Waals surface area (Å²) in [6, 6.07) is 9.33. The Morgan fingerprint density at radius 1 is 0.415 bits per heavy atom. The van der Waals surface area contributed by atoms with Crippen LogP contribution in [-0.4, -0.2) is 142 Å². The zero-order chi connectivity index (χ0) is 61.5. The number of carbonyl (C=O) groups excluding carboxylic acids is 10. The number of halogens is 6. The summed E-state index contributed by atoms with van der Waals surface area (Å²) < 4.78 is 27.5. The molecule has 0 aromatic heterocycles. The van der Waals surface area contributed by atoms with E-state index in [0.717, 1.165) is 0 Å². The molecule has 0 spiro atoms. The van der Waals surface area contributed by atoms with E-state index < -0.39 is 116 Å². The van der Waals surface area contributed by atoms with Crippen molar-refractivity contribution in [3.8, 4) is 0 Å². The first-order valence-corrected chi connectivity index (χ1v) is 28.0. The molecule has 2 unspecified atom stereocenters. The molecule has 0 saturated heterocycles. The first kappa shape index (κ1) is 72.2. The molecule has 0 aliphatic rings. The smallest absolute Gasteiger partial charge is 0.408 e. The number of esters is 2. The van der Waals surface area contributed by atoms with Gasteiger partial charge < -0.3 is 71.0 Å². The number of rotatable bonds is 31. The van der Waals surface area contributed by atoms with Crippen molar-refractivity contribution in [1.82, 2.24) is 42.5 Å². The normalized spacial score (nSPS) is 13.0. The molecule has 8 N–H and O–H groups in total. The number of alkyl halides is 6. The molecular weight excluding hydrogens is 1210 g/mol. The monoisotopic (exact) mass is 1270 g/mol. The number of ether oxygens (including phenoxy) is 6. The highest BCUT2D eigenvalue weighted by molar-refractivity contribution is 6.68. The van der Waals surface area contributed by atoms with Crippen LogP contribution in [0.3, 0.4) is 0 Å². The van der Waals surface area contributed by atoms with Crippen LogP contribution in [-0.2, 0) is 70.4 Å². The Bertz CT molecular complexity index is 2230. The Labute approximate surface area is 506 Å². The van der Waals surface area contributed by atoms with Gasteiger partial charge in [-0.3, -0.25) is 28.8 Å². The SMILES string of the molecule is CC(C)(C)OC(=O)CCNC(=O)[C@H](CCCCNC(=O)OCC(Cl)(Cl)Cl)NC(=O)C(NC(=O)OCc1ccccc1)C(NC(=O)OCc1ccccc1)C(=O)N[C@@H](CCCCNC(=O)OCC(Cl)(Cl)Cl)C(=O)NCCC(=O)OC(C)(C)C. The van der Waals surface area contributed by atoms with Gasteiger partial charge in [-0.15, -0.1) is 0 Å². The lowest BCUT2D eigenvalue weighted by molar-refractivity contribution is -0.155. The second kappa shape index (κ2) is 36.6. The molecule has 0 saturated carbocycles. The van der Waals surface area contributed by atoms with Crippen LogP contribution in [0.15, 0.2) is 60.7 Å². The lowest BCUT2D eigenvalue weighted by Gasteiger charge is -2.30. The third-order valence-electron chi connectivity index (χ3n) is 10.3. The molecule has 2 aromatic carbocycles. The number of benzene rings is 2. The van der Waals surface area contributed by atoms with E-state index in [0.29, 0.717) is 11.1 Å². The van der Waals surface area contributed by atoms with Gasteiger partial charge in [-0.05, 0) is 91.2 Å². The van der Waals surface area contributed by atoms with Crippen molar-refractivity contribution in [3.63, 3.8) is 0 Å². The number of unbranched alkanes of at least 4 members (excludes halogenated alkanes) is 2. The quantitative estimate of drug-likeness (QED) is 0.0167. The van der Waals surface area contributed by atoms with Gasteiger partial charge in [0.05, 0.1) is 12.8 Å². The maximum Gasteiger partial charge on any atom is 0.408 e. The highest BCUT2D eigenvalue weighted by atomic mass is 35.6. The van der Waals surface area contributed by atoms with Crippen LogP contribution in [0.5, 0.6) is 0 Å². The van der Waals surface area contributed by atoms with Crippen LogP contribution >= 0.6 is 69.6 Å². The molecule has 0 heterocycles. The van der Waals surface area contributed by atoms with Crippen LogP contribution in [0.25, 0.3) is 0 Å². The van der Waals surface area contributed by atoms with Gasteiger partial charge in [-0.2, -0.15) is 0 Å². The second-order valence-electron chi connectivity index (χ2n) is 20.0. The van der Waals surface area contributed by atoms with Gasteiger partial charge >= 0.3 is 36.3 Å². The summed E-state index contributed by atoms with van der Waals surface area (Å²) >= 11 is 34.0. The summed E-state index contributed by atoms with van der Waals surface area (Å²) in [5.74, 6) is -5.50. The van der Waals surface area contributed by atoms with Crippen LogP contribution in [0, 0.1) is 0 Å². The summed E-state index contributed by atoms with van der Waals surface area (Å²) in [5, 5.41) is 19.7. The fourth-order valence-electron chi connectivity index (χ4n) is 6.78. The molecule has 0 aliphatic carbocycles. The van der Waals surface area contributed by atoms with E-state index in [1.54, 1.807) is 102 Å². The molecule has 24 nitrogen and oxygen atoms in total. The molecule has 8 amide bonds. The summed E-state index contributed by atoms with van der Waals surface area (Å²) in [4.78, 5) is 135. The lowest BCUT2D eigenvalue weighted by Crippen LogP contribution is -2.66. The summed E-state index contributed by atoms with van der Waals surface area (Å²) in [5.41, 5.74) is -0.655. The highest BCUT2D eigenvalue weighted by Crippen LogP contribution is 2.26. The molecular formula is C52H72Cl6N8O16. The average Bonchev–Trinajstić information content (AvgIpc) is 3.48. The van der Waals surface area contributed by atoms with Crippen molar-refractivity contribution in [2.45, 2.75) is 149 Å². The van der Waals surface area contributed by atoms with E-state index in [1.807, 2.05) is 0 Å². The number of carbonyl (C=O) groups is 10. The fourth-order valence-corrected chi connectivity index (χ4v) is 7.10. The number of nitrogens with one attached hydrogen (secondary N) is 8. The molecule has 0 fully saturated rings. The van der Waals surface area contributed by atoms with E-state index in [4.69, 9.17) is 98.0 Å². The lowest BCUT2D eigenvalue weighted by atomic mass is 10.0. The molecule has 0 bridgehead atoms. The van der Waals surface area contributed by atoms with Crippen molar-refractivity contribution in [2.24, 2.45) is 0 Å². The number of hydrogen-bond donors (Lipinski definition) is 8. The van der Waals surface area contributed by atoms with Crippen molar-refractivity contribution >= 4 is 130 Å². The molecule has 82 heavy (non-hydrogen) atoms. The van der Waals surface area contributed by atoms with Gasteiger partial charge in [0, 0.05) is 26.2 Å². The first-order chi connectivity index (χ1) is 38.3. The molecule has 4 atom stereocenters. The van der Waals surface area contributed by atoms with Gasteiger partial charge in [-0.25, -0.2) is 19.2 Å². The fraction of sp³-hybridized carbons (Fsp3) is 0.577. The van der Waals surface area contributed by atoms with Crippen molar-refractivity contribution < 1.29 is 76.4 Å². The van der Waals surface area contributed by atoms with Crippen molar-refractivity contribution in [3.05, 3.63) is 71.8 Å². The number of alkyl carbamates (subject to hydrolysis) is 4. The maximum absolute atomic E-state index is 14.9. The highest BCUT2D eigenvalue weighted by Gasteiger charge is 2.40. The largest absolute Gasteiger partial charge is 0.460 e. The van der Waals surface area contributed by atoms with Crippen LogP contribution in [0.4, 0.5) is 19.2 Å². The van der Waals surface area contributed by atoms with Crippen LogP contribution in [0.1, 0.15) is 104 Å². The minimum absolute atomic E-state index is 0.0225. The second-order valence-corrected chi connectivity index (χ2v) is 25.0. The third kappa shape index (κ3) is 35.2. The van der Waals surface area contributed by atoms with E-state index in [-0.39, 0.29) is 90.8 Å². The zero-order valence-electron chi connectivity index (χ0n) is 46.2. The molecule has 0 radical (unpaired) electrons. The predicted molar refractivity (Wildman–Crippen MR) is 305 cm³/mol. The average molecular weight is 1280 g/mol. The van der Waals surface area contributed by atoms with Gasteiger partial charge in [0.25, 0.3) is 0 Å². The maximum atomic E-state index is 14.9. The van der Waals surface area contributed by atoms with Gasteiger partial charge in [0.1, 0.15) is 61.8 Å². The van der Waals surface area contributed by atoms with Gasteiger partial charge in [-0.1, -0.05) is 130 Å². The molecule has 2 aromatic rings. The molecule has 0 aliphatic heterocycles. The van der Waals surface area contributed by atoms with E-state index in [2.05, 4.69) is 42.5 Å². The van der Waals surface area contributed by atoms with Gasteiger partial charge in [0.15, 0.2) is 0 Å². The molecule has 458 valence electrons. The number of amides is 8. The van der Waals surface area contributed by atoms with Crippen LogP contribution in [0.2, 0.25) is 0 Å². The molecule has 30 heteroatoms. The summed E-state index contributed by atoms with van der Waals surface area (Å²) in [7, 11) is 0. The Morgan fingerprint density at radius 2 is 0.756 bits per heavy atom. The van der Waals surface area contributed by atoms with E-state index in [9.17, 15) is 47.9 Å². The standard InChI is InChI=1S/C52H72Cl6N8O16/c1-49(2,3)81-37(67)23-27-59-41(69)35(21-13-15-25-61-45(73)79-31-51(53,54)55)63-43(71)39(65-47(75)77-29-33-17-9-7-10-18-33)40(66-48(76)78-30-34-19-11-8-12-20-34)44(72)64-36(42(70)60-28-24-38(68)82-50(4,5)6)22-14-16-26-62-46(74)80-32-52(56,57)58/h7-12,17-20,35-36,39-40H,13-16,21-32H2,1-6H3,(H,59,69)(H,60,70)(H,61,73)(H,62,74)(H,63,71)(H,64,72)(H,65,75)(H,66,76)/t35-,36-,39?,40?/m0/s1. The predicted octanol–water partition coefficient (Wildman–Crippen LogP) is 6.78. The Kier molecular flexibility index (Phi) is 32.2. The Hall–Kier alpha value is -5.92. The zero-order valence-corrected chi connectivity index (χ0v) is 50.7. The molecule has 2 rings (SSSR count). The number of hydrogen-bond acceptors (Lipinski definition) is 16. The summed E-state index contributed by atoms with van der Waals surface area (Å²) in [6.45, 7) is 7.56. The minimum atomic E-state index is -2.18.